The Hall–Kier alpha value is -2.36. The normalized spacial score (nSPS) is 31.5. The van der Waals surface area contributed by atoms with Crippen molar-refractivity contribution in [1.29, 1.82) is 0 Å². The second kappa shape index (κ2) is 6.33. The Kier molecular flexibility index (Phi) is 4.01. The number of carbonyl (C=O) groups is 2. The third-order valence-electron chi connectivity index (χ3n) is 7.41. The summed E-state index contributed by atoms with van der Waals surface area (Å²) in [6.07, 6.45) is 4.54. The highest BCUT2D eigenvalue weighted by molar-refractivity contribution is 6.24. The zero-order chi connectivity index (χ0) is 19.6. The first-order valence-electron chi connectivity index (χ1n) is 10.6. The van der Waals surface area contributed by atoms with Crippen molar-refractivity contribution in [3.8, 4) is 0 Å². The van der Waals surface area contributed by atoms with Crippen LogP contribution < -0.4 is 4.90 Å². The number of carbonyl (C=O) groups excluding carboxylic acids is 2. The van der Waals surface area contributed by atoms with Gasteiger partial charge in [0, 0.05) is 17.3 Å². The average molecular weight is 377 g/mol. The molecule has 4 heteroatoms. The molecular weight excluding hydrogens is 348 g/mol. The molecule has 1 unspecified atom stereocenters. The van der Waals surface area contributed by atoms with E-state index in [2.05, 4.69) is 24.9 Å². The topological polar surface area (TPSA) is 53.2 Å². The molecule has 2 aromatic rings. The minimum atomic E-state index is -0.328. The maximum Gasteiger partial charge on any atom is 0.242 e. The number of nitrogens with zero attached hydrogens (tertiary/aromatic N) is 1. The van der Waals surface area contributed by atoms with Crippen molar-refractivity contribution in [2.75, 3.05) is 4.90 Å². The van der Waals surface area contributed by atoms with Crippen molar-refractivity contribution < 1.29 is 9.59 Å². The van der Waals surface area contributed by atoms with E-state index in [-0.39, 0.29) is 29.6 Å². The first-order chi connectivity index (χ1) is 13.5. The largest absolute Gasteiger partial charge is 0.362 e. The van der Waals surface area contributed by atoms with Crippen LogP contribution in [-0.4, -0.2) is 16.8 Å². The standard InChI is InChI=1S/C24H28N2O2/c1-4-15-7-10-17-18(12-15)20-21(19-11-14(3)25-22(17)19)24(28)26(23(20)27)16-8-5-13(2)6-9-16/h5-6,8-9,11,15,17-18,20-21,25H,4,7,10,12H2,1-3H3/t15?,17-,18+,20+,21-/m1/s1. The minimum Gasteiger partial charge on any atom is -0.362 e. The number of anilines is 1. The van der Waals surface area contributed by atoms with Gasteiger partial charge in [0.15, 0.2) is 0 Å². The van der Waals surface area contributed by atoms with Gasteiger partial charge < -0.3 is 4.98 Å². The third-order valence-corrected chi connectivity index (χ3v) is 7.41. The maximum atomic E-state index is 13.6. The summed E-state index contributed by atoms with van der Waals surface area (Å²) in [5.74, 6) is 0.729. The van der Waals surface area contributed by atoms with Gasteiger partial charge in [-0.1, -0.05) is 31.0 Å². The number of hydrogen-bond acceptors (Lipinski definition) is 2. The summed E-state index contributed by atoms with van der Waals surface area (Å²) in [6, 6.07) is 9.86. The molecule has 1 saturated heterocycles. The molecule has 28 heavy (non-hydrogen) atoms. The highest BCUT2D eigenvalue weighted by Crippen LogP contribution is 2.57. The average Bonchev–Trinajstić information content (AvgIpc) is 3.20. The number of aromatic nitrogens is 1. The molecule has 0 bridgehead atoms. The van der Waals surface area contributed by atoms with Gasteiger partial charge in [0.25, 0.3) is 0 Å². The van der Waals surface area contributed by atoms with E-state index in [9.17, 15) is 9.59 Å². The zero-order valence-corrected chi connectivity index (χ0v) is 16.9. The van der Waals surface area contributed by atoms with Crippen molar-refractivity contribution in [2.45, 2.75) is 58.3 Å². The Labute approximate surface area is 166 Å². The van der Waals surface area contributed by atoms with Crippen LogP contribution in [0.5, 0.6) is 0 Å². The molecule has 0 spiro atoms. The number of amides is 2. The van der Waals surface area contributed by atoms with Gasteiger partial charge in [-0.05, 0) is 68.7 Å². The van der Waals surface area contributed by atoms with E-state index >= 15 is 0 Å². The lowest BCUT2D eigenvalue weighted by Gasteiger charge is -2.43. The summed E-state index contributed by atoms with van der Waals surface area (Å²) in [4.78, 5) is 32.1. The molecule has 1 saturated carbocycles. The predicted molar refractivity (Wildman–Crippen MR) is 109 cm³/mol. The fourth-order valence-electron chi connectivity index (χ4n) is 6.02. The highest BCUT2D eigenvalue weighted by atomic mass is 16.2. The van der Waals surface area contributed by atoms with Gasteiger partial charge in [0.2, 0.25) is 11.8 Å². The van der Waals surface area contributed by atoms with Gasteiger partial charge in [-0.25, -0.2) is 4.90 Å². The molecule has 4 nitrogen and oxygen atoms in total. The van der Waals surface area contributed by atoms with Crippen molar-refractivity contribution in [3.63, 3.8) is 0 Å². The van der Waals surface area contributed by atoms with Crippen LogP contribution >= 0.6 is 0 Å². The molecule has 1 aromatic carbocycles. The number of fused-ring (bicyclic) bond motifs is 6. The van der Waals surface area contributed by atoms with Crippen LogP contribution in [-0.2, 0) is 9.59 Å². The molecule has 1 N–H and O–H groups in total. The van der Waals surface area contributed by atoms with Crippen molar-refractivity contribution in [2.24, 2.45) is 17.8 Å². The first-order valence-corrected chi connectivity index (χ1v) is 10.6. The quantitative estimate of drug-likeness (QED) is 0.764. The van der Waals surface area contributed by atoms with Crippen LogP contribution in [0.2, 0.25) is 0 Å². The maximum absolute atomic E-state index is 13.6. The number of H-pyrrole nitrogens is 1. The molecule has 2 fully saturated rings. The molecule has 5 atom stereocenters. The van der Waals surface area contributed by atoms with E-state index in [0.29, 0.717) is 17.5 Å². The lowest BCUT2D eigenvalue weighted by Crippen LogP contribution is -2.39. The number of imide groups is 1. The Morgan fingerprint density at radius 1 is 1.07 bits per heavy atom. The number of benzene rings is 1. The summed E-state index contributed by atoms with van der Waals surface area (Å²) in [7, 11) is 0. The molecule has 1 aromatic heterocycles. The van der Waals surface area contributed by atoms with E-state index in [0.717, 1.165) is 36.1 Å². The number of aryl methyl sites for hydroxylation is 2. The molecular formula is C24H28N2O2. The lowest BCUT2D eigenvalue weighted by atomic mass is 9.59. The Morgan fingerprint density at radius 2 is 1.82 bits per heavy atom. The van der Waals surface area contributed by atoms with E-state index in [1.807, 2.05) is 31.2 Å². The molecule has 5 rings (SSSR count). The second-order valence-electron chi connectivity index (χ2n) is 9.03. The SMILES string of the molecule is CCC1CC[C@H]2c3[nH]c(C)cc3[C@H]3C(=O)N(c4ccc(C)cc4)C(=O)[C@H]3[C@H]2C1. The molecule has 2 aliphatic carbocycles. The fourth-order valence-corrected chi connectivity index (χ4v) is 6.02. The van der Waals surface area contributed by atoms with Crippen molar-refractivity contribution in [1.82, 2.24) is 4.98 Å². The van der Waals surface area contributed by atoms with Crippen LogP contribution in [0.3, 0.4) is 0 Å². The van der Waals surface area contributed by atoms with E-state index in [1.165, 1.54) is 17.0 Å². The lowest BCUT2D eigenvalue weighted by molar-refractivity contribution is -0.123. The van der Waals surface area contributed by atoms with Crippen LogP contribution in [0.1, 0.15) is 67.0 Å². The van der Waals surface area contributed by atoms with Gasteiger partial charge in [-0.3, -0.25) is 9.59 Å². The third kappa shape index (κ3) is 2.43. The monoisotopic (exact) mass is 376 g/mol. The summed E-state index contributed by atoms with van der Waals surface area (Å²) in [5.41, 5.74) is 5.23. The minimum absolute atomic E-state index is 0.00936. The summed E-state index contributed by atoms with van der Waals surface area (Å²) >= 11 is 0. The fraction of sp³-hybridized carbons (Fsp3) is 0.500. The van der Waals surface area contributed by atoms with Crippen LogP contribution in [0.25, 0.3) is 0 Å². The number of hydrogen-bond donors (Lipinski definition) is 1. The van der Waals surface area contributed by atoms with Gasteiger partial charge in [0.05, 0.1) is 17.5 Å². The molecule has 0 radical (unpaired) electrons. The smallest absolute Gasteiger partial charge is 0.242 e. The molecule has 2 amide bonds. The Bertz CT molecular complexity index is 942. The van der Waals surface area contributed by atoms with Crippen molar-refractivity contribution in [3.05, 3.63) is 52.8 Å². The molecule has 3 aliphatic rings. The highest BCUT2D eigenvalue weighted by Gasteiger charge is 2.58. The van der Waals surface area contributed by atoms with Gasteiger partial charge in [0.1, 0.15) is 0 Å². The number of aromatic amines is 1. The van der Waals surface area contributed by atoms with Crippen LogP contribution in [0.15, 0.2) is 30.3 Å². The van der Waals surface area contributed by atoms with Gasteiger partial charge in [-0.15, -0.1) is 0 Å². The first kappa shape index (κ1) is 17.7. The number of nitrogens with one attached hydrogen (secondary N) is 1. The molecule has 1 aliphatic heterocycles. The van der Waals surface area contributed by atoms with Crippen LogP contribution in [0.4, 0.5) is 5.69 Å². The summed E-state index contributed by atoms with van der Waals surface area (Å²) in [5, 5.41) is 0. The van der Waals surface area contributed by atoms with Crippen LogP contribution in [0, 0.1) is 31.6 Å². The van der Waals surface area contributed by atoms with E-state index in [1.54, 1.807) is 0 Å². The number of rotatable bonds is 2. The zero-order valence-electron chi connectivity index (χ0n) is 16.9. The Morgan fingerprint density at radius 3 is 2.54 bits per heavy atom. The summed E-state index contributed by atoms with van der Waals surface area (Å²) in [6.45, 7) is 6.32. The van der Waals surface area contributed by atoms with E-state index in [4.69, 9.17) is 0 Å². The molecule has 2 heterocycles. The Balaban J connectivity index is 1.62. The van der Waals surface area contributed by atoms with Gasteiger partial charge >= 0.3 is 0 Å². The molecule has 146 valence electrons. The van der Waals surface area contributed by atoms with Crippen molar-refractivity contribution >= 4 is 17.5 Å². The predicted octanol–water partition coefficient (Wildman–Crippen LogP) is 4.83. The van der Waals surface area contributed by atoms with Gasteiger partial charge in [-0.2, -0.15) is 0 Å². The summed E-state index contributed by atoms with van der Waals surface area (Å²) < 4.78 is 0. The second-order valence-corrected chi connectivity index (χ2v) is 9.03. The van der Waals surface area contributed by atoms with E-state index < -0.39 is 0 Å².